The third-order valence-corrected chi connectivity index (χ3v) is 2.27. The van der Waals surface area contributed by atoms with Crippen LogP contribution in [0.2, 0.25) is 0 Å². The molecule has 0 amide bonds. The standard InChI is InChI=1S/C12H11NO3/c1-16-12(15)11-7-6-10(13-11)8-2-4-9(14)5-3-8/h2-7,13-14H,1H3. The predicted molar refractivity (Wildman–Crippen MR) is 59.2 cm³/mol. The maximum absolute atomic E-state index is 11.2. The summed E-state index contributed by atoms with van der Waals surface area (Å²) in [5.74, 6) is -0.187. The molecular formula is C12H11NO3. The van der Waals surface area contributed by atoms with E-state index < -0.39 is 5.97 Å². The average molecular weight is 217 g/mol. The minimum Gasteiger partial charge on any atom is -0.508 e. The van der Waals surface area contributed by atoms with E-state index in [9.17, 15) is 4.79 Å². The number of aromatic amines is 1. The summed E-state index contributed by atoms with van der Waals surface area (Å²) in [6, 6.07) is 10.2. The molecule has 0 unspecified atom stereocenters. The molecule has 4 heteroatoms. The first-order valence-corrected chi connectivity index (χ1v) is 4.77. The smallest absolute Gasteiger partial charge is 0.354 e. The van der Waals surface area contributed by atoms with Gasteiger partial charge >= 0.3 is 5.97 Å². The lowest BCUT2D eigenvalue weighted by Gasteiger charge is -1.98. The second-order valence-corrected chi connectivity index (χ2v) is 3.32. The largest absolute Gasteiger partial charge is 0.508 e. The molecule has 0 aliphatic rings. The second kappa shape index (κ2) is 4.10. The lowest BCUT2D eigenvalue weighted by Crippen LogP contribution is -2.00. The van der Waals surface area contributed by atoms with E-state index in [4.69, 9.17) is 5.11 Å². The summed E-state index contributed by atoms with van der Waals surface area (Å²) in [5.41, 5.74) is 2.11. The fourth-order valence-electron chi connectivity index (χ4n) is 1.43. The Labute approximate surface area is 92.5 Å². The Balaban J connectivity index is 2.31. The molecule has 0 bridgehead atoms. The van der Waals surface area contributed by atoms with Crippen LogP contribution in [0.3, 0.4) is 0 Å². The van der Waals surface area contributed by atoms with Crippen LogP contribution in [-0.2, 0) is 4.74 Å². The third-order valence-electron chi connectivity index (χ3n) is 2.27. The van der Waals surface area contributed by atoms with E-state index in [0.717, 1.165) is 11.3 Å². The third kappa shape index (κ3) is 1.91. The van der Waals surface area contributed by atoms with E-state index in [1.807, 2.05) is 0 Å². The van der Waals surface area contributed by atoms with E-state index in [0.29, 0.717) is 5.69 Å². The van der Waals surface area contributed by atoms with Crippen molar-refractivity contribution < 1.29 is 14.6 Å². The van der Waals surface area contributed by atoms with Crippen LogP contribution in [-0.4, -0.2) is 23.2 Å². The number of esters is 1. The number of methoxy groups -OCH3 is 1. The van der Waals surface area contributed by atoms with Crippen LogP contribution in [0.25, 0.3) is 11.3 Å². The van der Waals surface area contributed by atoms with Crippen LogP contribution in [0.5, 0.6) is 5.75 Å². The molecule has 0 saturated heterocycles. The number of phenols is 1. The van der Waals surface area contributed by atoms with Gasteiger partial charge in [0, 0.05) is 5.69 Å². The van der Waals surface area contributed by atoms with Crippen molar-refractivity contribution in [1.29, 1.82) is 0 Å². The van der Waals surface area contributed by atoms with Crippen LogP contribution in [0.15, 0.2) is 36.4 Å². The second-order valence-electron chi connectivity index (χ2n) is 3.32. The summed E-state index contributed by atoms with van der Waals surface area (Å²) < 4.78 is 4.59. The molecule has 0 spiro atoms. The zero-order valence-electron chi connectivity index (χ0n) is 8.73. The van der Waals surface area contributed by atoms with E-state index >= 15 is 0 Å². The van der Waals surface area contributed by atoms with Gasteiger partial charge in [-0.15, -0.1) is 0 Å². The molecule has 2 aromatic rings. The Morgan fingerprint density at radius 2 is 1.88 bits per heavy atom. The zero-order valence-corrected chi connectivity index (χ0v) is 8.73. The van der Waals surface area contributed by atoms with Gasteiger partial charge in [-0.2, -0.15) is 0 Å². The van der Waals surface area contributed by atoms with E-state index in [2.05, 4.69) is 9.72 Å². The Hall–Kier alpha value is -2.23. The Bertz CT molecular complexity index is 499. The van der Waals surface area contributed by atoms with Gasteiger partial charge in [-0.25, -0.2) is 4.79 Å². The number of carbonyl (C=O) groups excluding carboxylic acids is 1. The maximum Gasteiger partial charge on any atom is 0.354 e. The van der Waals surface area contributed by atoms with Crippen LogP contribution in [0.4, 0.5) is 0 Å². The fraction of sp³-hybridized carbons (Fsp3) is 0.0833. The highest BCUT2D eigenvalue weighted by Gasteiger charge is 2.08. The molecule has 0 aliphatic carbocycles. The van der Waals surface area contributed by atoms with Gasteiger partial charge in [-0.05, 0) is 42.0 Å². The van der Waals surface area contributed by atoms with Crippen molar-refractivity contribution in [3.05, 3.63) is 42.1 Å². The normalized spacial score (nSPS) is 10.1. The van der Waals surface area contributed by atoms with E-state index in [1.54, 1.807) is 36.4 Å². The van der Waals surface area contributed by atoms with E-state index in [1.165, 1.54) is 7.11 Å². The molecule has 16 heavy (non-hydrogen) atoms. The monoisotopic (exact) mass is 217 g/mol. The Kier molecular flexibility index (Phi) is 2.64. The first-order valence-electron chi connectivity index (χ1n) is 4.77. The number of carbonyl (C=O) groups is 1. The molecule has 2 rings (SSSR count). The highest BCUT2D eigenvalue weighted by molar-refractivity contribution is 5.88. The summed E-state index contributed by atoms with van der Waals surface area (Å²) in [5, 5.41) is 9.15. The minimum atomic E-state index is -0.398. The molecule has 0 radical (unpaired) electrons. The van der Waals surface area contributed by atoms with Gasteiger partial charge < -0.3 is 14.8 Å². The predicted octanol–water partition coefficient (Wildman–Crippen LogP) is 2.17. The topological polar surface area (TPSA) is 62.3 Å². The van der Waals surface area contributed by atoms with Gasteiger partial charge in [0.25, 0.3) is 0 Å². The summed E-state index contributed by atoms with van der Waals surface area (Å²) in [7, 11) is 1.34. The van der Waals surface area contributed by atoms with Crippen molar-refractivity contribution >= 4 is 5.97 Å². The number of nitrogens with one attached hydrogen (secondary N) is 1. The van der Waals surface area contributed by atoms with Crippen molar-refractivity contribution in [2.45, 2.75) is 0 Å². The van der Waals surface area contributed by atoms with Crippen molar-refractivity contribution in [2.75, 3.05) is 7.11 Å². The quantitative estimate of drug-likeness (QED) is 0.758. The molecule has 82 valence electrons. The summed E-state index contributed by atoms with van der Waals surface area (Å²) in [4.78, 5) is 14.2. The number of hydrogen-bond acceptors (Lipinski definition) is 3. The van der Waals surface area contributed by atoms with Gasteiger partial charge in [0.1, 0.15) is 11.4 Å². The number of benzene rings is 1. The van der Waals surface area contributed by atoms with Crippen molar-refractivity contribution in [1.82, 2.24) is 4.98 Å². The molecule has 1 heterocycles. The van der Waals surface area contributed by atoms with Gasteiger partial charge in [-0.3, -0.25) is 0 Å². The summed E-state index contributed by atoms with van der Waals surface area (Å²) >= 11 is 0. The molecule has 0 aliphatic heterocycles. The van der Waals surface area contributed by atoms with Crippen LogP contribution < -0.4 is 0 Å². The number of hydrogen-bond donors (Lipinski definition) is 2. The fourth-order valence-corrected chi connectivity index (χ4v) is 1.43. The first-order chi connectivity index (χ1) is 7.70. The van der Waals surface area contributed by atoms with Crippen LogP contribution in [0.1, 0.15) is 10.5 Å². The summed E-state index contributed by atoms with van der Waals surface area (Å²) in [6.07, 6.45) is 0. The van der Waals surface area contributed by atoms with Gasteiger partial charge in [-0.1, -0.05) is 0 Å². The molecule has 2 N–H and O–H groups in total. The number of H-pyrrole nitrogens is 1. The number of rotatable bonds is 2. The van der Waals surface area contributed by atoms with E-state index in [-0.39, 0.29) is 5.75 Å². The molecule has 1 aromatic heterocycles. The molecule has 1 aromatic carbocycles. The maximum atomic E-state index is 11.2. The van der Waals surface area contributed by atoms with Crippen molar-refractivity contribution in [3.8, 4) is 17.0 Å². The van der Waals surface area contributed by atoms with Gasteiger partial charge in [0.15, 0.2) is 0 Å². The van der Waals surface area contributed by atoms with Gasteiger partial charge in [0.2, 0.25) is 0 Å². The number of aromatic nitrogens is 1. The number of aromatic hydroxyl groups is 1. The Morgan fingerprint density at radius 3 is 2.50 bits per heavy atom. The minimum absolute atomic E-state index is 0.212. The first kappa shape index (κ1) is 10.3. The lowest BCUT2D eigenvalue weighted by molar-refractivity contribution is 0.0595. The SMILES string of the molecule is COC(=O)c1ccc(-c2ccc(O)cc2)[nH]1. The molecule has 0 atom stereocenters. The molecular weight excluding hydrogens is 206 g/mol. The molecule has 4 nitrogen and oxygen atoms in total. The van der Waals surface area contributed by atoms with Crippen molar-refractivity contribution in [3.63, 3.8) is 0 Å². The highest BCUT2D eigenvalue weighted by Crippen LogP contribution is 2.21. The number of phenolic OH excluding ortho intramolecular Hbond substituents is 1. The Morgan fingerprint density at radius 1 is 1.19 bits per heavy atom. The van der Waals surface area contributed by atoms with Crippen LogP contribution in [0, 0.1) is 0 Å². The molecule has 0 saturated carbocycles. The number of ether oxygens (including phenoxy) is 1. The lowest BCUT2D eigenvalue weighted by atomic mass is 10.1. The van der Waals surface area contributed by atoms with Gasteiger partial charge in [0.05, 0.1) is 7.11 Å². The molecule has 0 fully saturated rings. The summed E-state index contributed by atoms with van der Waals surface area (Å²) in [6.45, 7) is 0. The van der Waals surface area contributed by atoms with Crippen molar-refractivity contribution in [2.24, 2.45) is 0 Å². The van der Waals surface area contributed by atoms with Crippen LogP contribution >= 0.6 is 0 Å². The highest BCUT2D eigenvalue weighted by atomic mass is 16.5. The zero-order chi connectivity index (χ0) is 11.5. The average Bonchev–Trinajstić information content (AvgIpc) is 2.78.